The van der Waals surface area contributed by atoms with Crippen molar-refractivity contribution in [3.05, 3.63) is 93.2 Å². The van der Waals surface area contributed by atoms with Crippen LogP contribution >= 0.6 is 0 Å². The van der Waals surface area contributed by atoms with Crippen LogP contribution in [-0.4, -0.2) is 42.5 Å². The van der Waals surface area contributed by atoms with Crippen LogP contribution in [0, 0.1) is 20.8 Å². The Morgan fingerprint density at radius 1 is 0.971 bits per heavy atom. The molecule has 1 atom stereocenters. The number of aromatic nitrogens is 1. The van der Waals surface area contributed by atoms with Gasteiger partial charge in [-0.3, -0.25) is 9.59 Å². The van der Waals surface area contributed by atoms with Crippen molar-refractivity contribution in [3.8, 4) is 5.88 Å². The van der Waals surface area contributed by atoms with Crippen LogP contribution in [0.1, 0.15) is 61.6 Å². The minimum absolute atomic E-state index is 0.0467. The number of rotatable bonds is 6. The van der Waals surface area contributed by atoms with Gasteiger partial charge >= 0.3 is 5.97 Å². The Bertz CT molecular complexity index is 1270. The lowest BCUT2D eigenvalue weighted by Crippen LogP contribution is -2.36. The molecule has 2 aromatic carbocycles. The Kier molecular flexibility index (Phi) is 7.20. The lowest BCUT2D eigenvalue weighted by Gasteiger charge is -2.30. The third-order valence-corrected chi connectivity index (χ3v) is 7.00. The highest BCUT2D eigenvalue weighted by Crippen LogP contribution is 2.34. The van der Waals surface area contributed by atoms with Crippen molar-refractivity contribution in [2.45, 2.75) is 46.1 Å². The molecule has 3 aromatic rings. The van der Waals surface area contributed by atoms with Gasteiger partial charge < -0.3 is 14.4 Å². The molecule has 35 heavy (non-hydrogen) atoms. The number of hydrogen-bond donors (Lipinski definition) is 0. The first-order valence-electron chi connectivity index (χ1n) is 11.9. The second-order valence-electron chi connectivity index (χ2n) is 9.22. The highest BCUT2D eigenvalue weighted by molar-refractivity contribution is 5.94. The fourth-order valence-electron chi connectivity index (χ4n) is 4.70. The van der Waals surface area contributed by atoms with Gasteiger partial charge in [-0.15, -0.1) is 0 Å². The monoisotopic (exact) mass is 472 g/mol. The van der Waals surface area contributed by atoms with E-state index in [1.807, 2.05) is 49.9 Å². The number of carbonyl (C=O) groups excluding carboxylic acids is 2. The van der Waals surface area contributed by atoms with E-state index in [0.29, 0.717) is 19.0 Å². The molecule has 6 nitrogen and oxygen atoms in total. The first kappa shape index (κ1) is 24.5. The second-order valence-corrected chi connectivity index (χ2v) is 9.22. The number of pyridine rings is 1. The Morgan fingerprint density at radius 3 is 2.46 bits per heavy atom. The summed E-state index contributed by atoms with van der Waals surface area (Å²) in [6.07, 6.45) is 2.78. The van der Waals surface area contributed by atoms with Gasteiger partial charge in [-0.1, -0.05) is 24.3 Å². The lowest BCUT2D eigenvalue weighted by atomic mass is 9.84. The summed E-state index contributed by atoms with van der Waals surface area (Å²) in [7, 11) is 2.99. The summed E-state index contributed by atoms with van der Waals surface area (Å²) in [4.78, 5) is 31.9. The van der Waals surface area contributed by atoms with E-state index in [9.17, 15) is 9.59 Å². The number of esters is 1. The zero-order chi connectivity index (χ0) is 25.1. The molecule has 0 saturated heterocycles. The minimum atomic E-state index is -0.283. The van der Waals surface area contributed by atoms with E-state index in [1.165, 1.54) is 18.2 Å². The third kappa shape index (κ3) is 5.21. The first-order valence-corrected chi connectivity index (χ1v) is 11.9. The van der Waals surface area contributed by atoms with E-state index in [4.69, 9.17) is 9.47 Å². The fraction of sp³-hybridized carbons (Fsp3) is 0.345. The number of nitrogens with zero attached hydrogens (tertiary/aromatic N) is 2. The molecular weight excluding hydrogens is 440 g/mol. The largest absolute Gasteiger partial charge is 0.481 e. The van der Waals surface area contributed by atoms with Gasteiger partial charge in [-0.2, -0.15) is 0 Å². The van der Waals surface area contributed by atoms with Crippen molar-refractivity contribution in [2.75, 3.05) is 20.8 Å². The topological polar surface area (TPSA) is 68.7 Å². The number of ether oxygens (including phenoxy) is 2. The highest BCUT2D eigenvalue weighted by Gasteiger charge is 2.26. The molecule has 4 rings (SSSR count). The van der Waals surface area contributed by atoms with Crippen LogP contribution in [0.2, 0.25) is 0 Å². The molecule has 1 aliphatic rings. The normalized spacial score (nSPS) is 13.7. The summed E-state index contributed by atoms with van der Waals surface area (Å²) in [5.74, 6) is 0.0888. The summed E-state index contributed by atoms with van der Waals surface area (Å²) in [6.45, 7) is 7.30. The zero-order valence-electron chi connectivity index (χ0n) is 21.1. The molecule has 0 saturated carbocycles. The molecular formula is C29H32N2O4. The maximum absolute atomic E-state index is 13.2. The Labute approximate surface area is 206 Å². The van der Waals surface area contributed by atoms with Crippen LogP contribution in [0.4, 0.5) is 0 Å². The van der Waals surface area contributed by atoms with Crippen molar-refractivity contribution in [1.82, 2.24) is 9.88 Å². The number of aryl methyl sites for hydroxylation is 3. The Balaban J connectivity index is 1.65. The van der Waals surface area contributed by atoms with Crippen LogP contribution < -0.4 is 4.74 Å². The van der Waals surface area contributed by atoms with Crippen molar-refractivity contribution in [3.63, 3.8) is 0 Å². The Morgan fingerprint density at radius 2 is 1.77 bits per heavy atom. The molecule has 1 aliphatic heterocycles. The fourth-order valence-corrected chi connectivity index (χ4v) is 4.70. The van der Waals surface area contributed by atoms with Crippen molar-refractivity contribution < 1.29 is 19.1 Å². The predicted molar refractivity (Wildman–Crippen MR) is 135 cm³/mol. The number of hydrogen-bond acceptors (Lipinski definition) is 5. The van der Waals surface area contributed by atoms with Crippen LogP contribution in [0.3, 0.4) is 0 Å². The highest BCUT2D eigenvalue weighted by atomic mass is 16.5. The van der Waals surface area contributed by atoms with Crippen LogP contribution in [0.15, 0.2) is 48.7 Å². The summed E-state index contributed by atoms with van der Waals surface area (Å²) >= 11 is 0. The summed E-state index contributed by atoms with van der Waals surface area (Å²) in [6, 6.07) is 14.1. The van der Waals surface area contributed by atoms with E-state index in [1.54, 1.807) is 13.3 Å². The van der Waals surface area contributed by atoms with Gasteiger partial charge in [0.25, 0.3) is 5.91 Å². The van der Waals surface area contributed by atoms with Crippen LogP contribution in [-0.2, 0) is 22.5 Å². The van der Waals surface area contributed by atoms with Crippen LogP contribution in [0.5, 0.6) is 5.88 Å². The van der Waals surface area contributed by atoms with Crippen molar-refractivity contribution in [1.29, 1.82) is 0 Å². The van der Waals surface area contributed by atoms with E-state index in [-0.39, 0.29) is 24.2 Å². The van der Waals surface area contributed by atoms with Gasteiger partial charge in [0.15, 0.2) is 0 Å². The maximum Gasteiger partial charge on any atom is 0.306 e. The number of methoxy groups -OCH3 is 2. The quantitative estimate of drug-likeness (QED) is 0.477. The number of carbonyl (C=O) groups is 2. The van der Waals surface area contributed by atoms with Crippen LogP contribution in [0.25, 0.3) is 0 Å². The third-order valence-electron chi connectivity index (χ3n) is 7.00. The van der Waals surface area contributed by atoms with E-state index >= 15 is 0 Å². The van der Waals surface area contributed by atoms with Gasteiger partial charge in [0, 0.05) is 36.8 Å². The van der Waals surface area contributed by atoms with E-state index in [0.717, 1.165) is 39.8 Å². The molecule has 0 fully saturated rings. The molecule has 0 aliphatic carbocycles. The molecule has 6 heteroatoms. The van der Waals surface area contributed by atoms with Gasteiger partial charge in [0.05, 0.1) is 20.6 Å². The molecule has 1 aromatic heterocycles. The average molecular weight is 473 g/mol. The molecule has 182 valence electrons. The molecule has 0 spiro atoms. The van der Waals surface area contributed by atoms with Crippen molar-refractivity contribution >= 4 is 11.9 Å². The SMILES string of the molecule is COC(=O)CC(c1ccc2c(c1)CN(C(=O)c1ccc(C)c(C)c1)CC2)c1cnc(OC)cc1C. The maximum atomic E-state index is 13.2. The molecule has 0 N–H and O–H groups in total. The molecule has 0 bridgehead atoms. The van der Waals surface area contributed by atoms with Crippen molar-refractivity contribution in [2.24, 2.45) is 0 Å². The van der Waals surface area contributed by atoms with Gasteiger partial charge in [-0.25, -0.2) is 4.98 Å². The number of fused-ring (bicyclic) bond motifs is 1. The molecule has 1 amide bonds. The predicted octanol–water partition coefficient (Wildman–Crippen LogP) is 4.91. The van der Waals surface area contributed by atoms with Gasteiger partial charge in [-0.05, 0) is 78.3 Å². The number of amides is 1. The molecule has 1 unspecified atom stereocenters. The average Bonchev–Trinajstić information content (AvgIpc) is 2.87. The van der Waals surface area contributed by atoms with Gasteiger partial charge in [0.2, 0.25) is 5.88 Å². The minimum Gasteiger partial charge on any atom is -0.481 e. The Hall–Kier alpha value is -3.67. The van der Waals surface area contributed by atoms with E-state index < -0.39 is 0 Å². The lowest BCUT2D eigenvalue weighted by molar-refractivity contribution is -0.140. The zero-order valence-corrected chi connectivity index (χ0v) is 21.1. The summed E-state index contributed by atoms with van der Waals surface area (Å²) in [5, 5.41) is 0. The number of benzene rings is 2. The smallest absolute Gasteiger partial charge is 0.306 e. The standard InChI is InChI=1S/C29H32N2O4/c1-18-6-7-23(12-19(18)2)29(33)31-11-10-21-8-9-22(14-24(21)17-31)25(15-28(32)35-5)26-16-30-27(34-4)13-20(26)3/h6-9,12-14,16,25H,10-11,15,17H2,1-5H3. The molecule has 0 radical (unpaired) electrons. The second kappa shape index (κ2) is 10.3. The first-order chi connectivity index (χ1) is 16.8. The van der Waals surface area contributed by atoms with E-state index in [2.05, 4.69) is 23.2 Å². The van der Waals surface area contributed by atoms with Gasteiger partial charge in [0.1, 0.15) is 0 Å². The summed E-state index contributed by atoms with van der Waals surface area (Å²) < 4.78 is 10.3. The molecule has 2 heterocycles. The summed E-state index contributed by atoms with van der Waals surface area (Å²) in [5.41, 5.74) is 8.31.